The van der Waals surface area contributed by atoms with Crippen molar-refractivity contribution in [2.24, 2.45) is 4.99 Å². The molecule has 0 radical (unpaired) electrons. The molecule has 2 aliphatic heterocycles. The molecule has 0 saturated carbocycles. The second kappa shape index (κ2) is 10.1. The van der Waals surface area contributed by atoms with E-state index in [0.29, 0.717) is 6.54 Å². The van der Waals surface area contributed by atoms with Crippen LogP contribution in [-0.2, 0) is 19.5 Å². The van der Waals surface area contributed by atoms with Crippen LogP contribution in [0, 0.1) is 0 Å². The Balaban J connectivity index is 0.00000240. The second-order valence-electron chi connectivity index (χ2n) is 7.13. The van der Waals surface area contributed by atoms with Gasteiger partial charge in [-0.15, -0.1) is 34.2 Å². The van der Waals surface area contributed by atoms with Crippen molar-refractivity contribution in [1.82, 2.24) is 25.0 Å². The molecule has 2 aromatic rings. The molecule has 0 spiro atoms. The van der Waals surface area contributed by atoms with E-state index in [-0.39, 0.29) is 24.0 Å². The number of nitrogens with zero attached hydrogens (tertiary/aromatic N) is 6. The topological polar surface area (TPSA) is 70.8 Å². The van der Waals surface area contributed by atoms with Gasteiger partial charge in [-0.2, -0.15) is 0 Å². The first kappa shape index (κ1) is 21.7. The molecule has 4 rings (SSSR count). The van der Waals surface area contributed by atoms with Crippen molar-refractivity contribution in [3.05, 3.63) is 35.9 Å². The molecule has 3 heterocycles. The minimum atomic E-state index is 0. The van der Waals surface area contributed by atoms with E-state index in [1.807, 2.05) is 12.1 Å². The predicted octanol–water partition coefficient (Wildman–Crippen LogP) is 2.14. The molecule has 2 aliphatic rings. The molecule has 1 fully saturated rings. The number of guanidine groups is 1. The lowest BCUT2D eigenvalue weighted by molar-refractivity contribution is 0.372. The van der Waals surface area contributed by atoms with Crippen LogP contribution in [0.15, 0.2) is 29.3 Å². The summed E-state index contributed by atoms with van der Waals surface area (Å²) in [6, 6.07) is 8.29. The van der Waals surface area contributed by atoms with Crippen molar-refractivity contribution in [2.45, 2.75) is 32.9 Å². The normalized spacial score (nSPS) is 16.4. The van der Waals surface area contributed by atoms with E-state index < -0.39 is 0 Å². The lowest BCUT2D eigenvalue weighted by Crippen LogP contribution is -2.52. The molecular weight excluding hydrogens is 481 g/mol. The van der Waals surface area contributed by atoms with Gasteiger partial charge in [0.25, 0.3) is 0 Å². The summed E-state index contributed by atoms with van der Waals surface area (Å²) in [5.41, 5.74) is 1.24. The molecule has 29 heavy (non-hydrogen) atoms. The molecule has 0 amide bonds. The van der Waals surface area contributed by atoms with Gasteiger partial charge in [0.15, 0.2) is 11.8 Å². The Labute approximate surface area is 189 Å². The number of piperazine rings is 1. The Morgan fingerprint density at radius 2 is 1.86 bits per heavy atom. The highest BCUT2D eigenvalue weighted by atomic mass is 127. The monoisotopic (exact) mass is 511 g/mol. The van der Waals surface area contributed by atoms with Gasteiger partial charge in [-0.25, -0.2) is 4.99 Å². The summed E-state index contributed by atoms with van der Waals surface area (Å²) in [5, 5.41) is 12.0. The van der Waals surface area contributed by atoms with Crippen LogP contribution in [0.2, 0.25) is 0 Å². The third kappa shape index (κ3) is 4.93. The molecule has 0 atom stereocenters. The lowest BCUT2D eigenvalue weighted by atomic mass is 10.2. The fourth-order valence-electron chi connectivity index (χ4n) is 3.87. The summed E-state index contributed by atoms with van der Waals surface area (Å²) in [7, 11) is 1.70. The maximum atomic E-state index is 5.26. The minimum absolute atomic E-state index is 0. The van der Waals surface area contributed by atoms with Gasteiger partial charge in [0.1, 0.15) is 18.1 Å². The largest absolute Gasteiger partial charge is 0.497 e. The van der Waals surface area contributed by atoms with Crippen LogP contribution in [0.4, 0.5) is 5.69 Å². The number of hydrogen-bond donors (Lipinski definition) is 1. The molecule has 8 nitrogen and oxygen atoms in total. The highest BCUT2D eigenvalue weighted by Gasteiger charge is 2.21. The smallest absolute Gasteiger partial charge is 0.194 e. The van der Waals surface area contributed by atoms with Crippen molar-refractivity contribution in [3.63, 3.8) is 0 Å². The van der Waals surface area contributed by atoms with Crippen LogP contribution in [0.25, 0.3) is 0 Å². The van der Waals surface area contributed by atoms with Crippen LogP contribution in [-0.4, -0.2) is 65.5 Å². The molecule has 1 saturated heterocycles. The van der Waals surface area contributed by atoms with Crippen molar-refractivity contribution >= 4 is 35.6 Å². The number of aliphatic imine (C=N–C) groups is 1. The van der Waals surface area contributed by atoms with Crippen LogP contribution in [0.3, 0.4) is 0 Å². The average molecular weight is 511 g/mol. The molecule has 0 unspecified atom stereocenters. The first-order chi connectivity index (χ1) is 13.8. The number of ether oxygens (including phenoxy) is 1. The first-order valence-electron chi connectivity index (χ1n) is 10.1. The summed E-state index contributed by atoms with van der Waals surface area (Å²) in [5.74, 6) is 3.93. The number of aromatic nitrogens is 3. The fourth-order valence-corrected chi connectivity index (χ4v) is 3.87. The minimum Gasteiger partial charge on any atom is -0.497 e. The maximum absolute atomic E-state index is 5.26. The quantitative estimate of drug-likeness (QED) is 0.377. The van der Waals surface area contributed by atoms with Gasteiger partial charge in [0, 0.05) is 51.4 Å². The van der Waals surface area contributed by atoms with E-state index in [1.54, 1.807) is 7.11 Å². The number of methoxy groups -OCH3 is 1. The third-order valence-electron chi connectivity index (χ3n) is 5.41. The molecule has 0 bridgehead atoms. The maximum Gasteiger partial charge on any atom is 0.194 e. The number of hydrogen-bond acceptors (Lipinski definition) is 5. The standard InChI is InChI=1S/C20H29N7O.HI/c1-3-21-20(22-15-19-24-23-18-5-4-10-27(18)19)26-13-11-25(12-14-26)16-6-8-17(28-2)9-7-16;/h6-9H,3-5,10-15H2,1-2H3,(H,21,22);1H. The summed E-state index contributed by atoms with van der Waals surface area (Å²) < 4.78 is 7.47. The van der Waals surface area contributed by atoms with Crippen molar-refractivity contribution in [1.29, 1.82) is 0 Å². The van der Waals surface area contributed by atoms with Gasteiger partial charge >= 0.3 is 0 Å². The fraction of sp³-hybridized carbons (Fsp3) is 0.550. The zero-order valence-electron chi connectivity index (χ0n) is 17.2. The van der Waals surface area contributed by atoms with Crippen molar-refractivity contribution in [3.8, 4) is 5.75 Å². The molecule has 1 N–H and O–H groups in total. The summed E-state index contributed by atoms with van der Waals surface area (Å²) >= 11 is 0. The Morgan fingerprint density at radius 3 is 2.55 bits per heavy atom. The number of halogens is 1. The predicted molar refractivity (Wildman–Crippen MR) is 125 cm³/mol. The number of nitrogens with one attached hydrogen (secondary N) is 1. The SMILES string of the molecule is CCNC(=NCc1nnc2n1CCC2)N1CCN(c2ccc(OC)cc2)CC1.I. The molecule has 1 aromatic heterocycles. The molecular formula is C20H30IN7O. The average Bonchev–Trinajstić information content (AvgIpc) is 3.36. The number of rotatable bonds is 5. The highest BCUT2D eigenvalue weighted by Crippen LogP contribution is 2.20. The second-order valence-corrected chi connectivity index (χ2v) is 7.13. The van der Waals surface area contributed by atoms with E-state index >= 15 is 0 Å². The van der Waals surface area contributed by atoms with E-state index in [0.717, 1.165) is 75.5 Å². The van der Waals surface area contributed by atoms with Gasteiger partial charge in [-0.1, -0.05) is 0 Å². The van der Waals surface area contributed by atoms with Crippen LogP contribution < -0.4 is 15.0 Å². The molecule has 158 valence electrons. The Bertz CT molecular complexity index is 813. The molecule has 1 aromatic carbocycles. The number of fused-ring (bicyclic) bond motifs is 1. The van der Waals surface area contributed by atoms with Crippen LogP contribution in [0.1, 0.15) is 25.0 Å². The van der Waals surface area contributed by atoms with Gasteiger partial charge in [0.05, 0.1) is 7.11 Å². The van der Waals surface area contributed by atoms with E-state index in [9.17, 15) is 0 Å². The third-order valence-corrected chi connectivity index (χ3v) is 5.41. The van der Waals surface area contributed by atoms with Crippen molar-refractivity contribution in [2.75, 3.05) is 44.7 Å². The number of benzene rings is 1. The summed E-state index contributed by atoms with van der Waals surface area (Å²) in [6.45, 7) is 8.38. The van der Waals surface area contributed by atoms with Crippen LogP contribution in [0.5, 0.6) is 5.75 Å². The summed E-state index contributed by atoms with van der Waals surface area (Å²) in [6.07, 6.45) is 2.19. The van der Waals surface area contributed by atoms with E-state index in [1.165, 1.54) is 5.69 Å². The van der Waals surface area contributed by atoms with Crippen molar-refractivity contribution < 1.29 is 4.74 Å². The molecule has 9 heteroatoms. The van der Waals surface area contributed by atoms with E-state index in [2.05, 4.69) is 48.9 Å². The van der Waals surface area contributed by atoms with E-state index in [4.69, 9.17) is 9.73 Å². The summed E-state index contributed by atoms with van der Waals surface area (Å²) in [4.78, 5) is 9.60. The molecule has 0 aliphatic carbocycles. The number of anilines is 1. The Morgan fingerprint density at radius 1 is 1.10 bits per heavy atom. The van der Waals surface area contributed by atoms with Gasteiger partial charge < -0.3 is 24.4 Å². The van der Waals surface area contributed by atoms with Gasteiger partial charge in [-0.3, -0.25) is 0 Å². The number of aryl methyl sites for hydroxylation is 1. The zero-order chi connectivity index (χ0) is 19.3. The van der Waals surface area contributed by atoms with Gasteiger partial charge in [0.2, 0.25) is 0 Å². The highest BCUT2D eigenvalue weighted by molar-refractivity contribution is 14.0. The Kier molecular flexibility index (Phi) is 7.57. The zero-order valence-corrected chi connectivity index (χ0v) is 19.5. The first-order valence-corrected chi connectivity index (χ1v) is 10.1. The Hall–Kier alpha value is -2.04. The van der Waals surface area contributed by atoms with Crippen LogP contribution >= 0.6 is 24.0 Å². The van der Waals surface area contributed by atoms with Gasteiger partial charge in [-0.05, 0) is 37.6 Å². The lowest BCUT2D eigenvalue weighted by Gasteiger charge is -2.37.